The van der Waals surface area contributed by atoms with Crippen molar-refractivity contribution in [1.29, 1.82) is 0 Å². The maximum atomic E-state index is 10.6. The summed E-state index contributed by atoms with van der Waals surface area (Å²) in [7, 11) is 0. The zero-order chi connectivity index (χ0) is 9.97. The van der Waals surface area contributed by atoms with Gasteiger partial charge in [-0.2, -0.15) is 0 Å². The highest BCUT2D eigenvalue weighted by atomic mass is 32.1. The maximum Gasteiger partial charge on any atom is 0.373 e. The lowest BCUT2D eigenvalue weighted by atomic mass is 10.3. The molecule has 5 heteroatoms. The van der Waals surface area contributed by atoms with Gasteiger partial charge in [0.05, 0.1) is 10.6 Å². The number of rotatable bonds is 2. The lowest BCUT2D eigenvalue weighted by molar-refractivity contribution is 0.0683. The summed E-state index contributed by atoms with van der Waals surface area (Å²) in [6, 6.07) is 5.47. The predicted octanol–water partition coefficient (Wildman–Crippen LogP) is 1.90. The van der Waals surface area contributed by atoms with Crippen LogP contribution >= 0.6 is 11.3 Å². The van der Waals surface area contributed by atoms with Crippen molar-refractivity contribution in [3.8, 4) is 10.6 Å². The van der Waals surface area contributed by atoms with Crippen LogP contribution in [0.1, 0.15) is 10.6 Å². The predicted molar refractivity (Wildman–Crippen MR) is 52.3 cm³/mol. The largest absolute Gasteiger partial charge is 0.475 e. The maximum absolute atomic E-state index is 10.6. The molecule has 0 unspecified atom stereocenters. The van der Waals surface area contributed by atoms with Crippen LogP contribution in [-0.4, -0.2) is 21.0 Å². The van der Waals surface area contributed by atoms with Gasteiger partial charge in [0.1, 0.15) is 0 Å². The average Bonchev–Trinajstić information content (AvgIpc) is 2.71. The van der Waals surface area contributed by atoms with Gasteiger partial charge in [-0.1, -0.05) is 6.07 Å². The third-order valence-corrected chi connectivity index (χ3v) is 2.51. The van der Waals surface area contributed by atoms with E-state index in [2.05, 4.69) is 9.97 Å². The molecule has 70 valence electrons. The van der Waals surface area contributed by atoms with Gasteiger partial charge in [0, 0.05) is 6.20 Å². The molecule has 0 spiro atoms. The van der Waals surface area contributed by atoms with Crippen LogP contribution in [0, 0.1) is 0 Å². The van der Waals surface area contributed by atoms with E-state index in [1.165, 1.54) is 17.5 Å². The Kier molecular flexibility index (Phi) is 2.24. The fraction of sp³-hybridized carbons (Fsp3) is 0. The second-order valence-electron chi connectivity index (χ2n) is 2.55. The van der Waals surface area contributed by atoms with E-state index in [4.69, 9.17) is 5.11 Å². The van der Waals surface area contributed by atoms with Crippen molar-refractivity contribution in [3.05, 3.63) is 35.6 Å². The van der Waals surface area contributed by atoms with Crippen molar-refractivity contribution >= 4 is 17.3 Å². The molecule has 0 atom stereocenters. The molecule has 2 aromatic rings. The van der Waals surface area contributed by atoms with Crippen LogP contribution in [0.4, 0.5) is 0 Å². The molecule has 0 amide bonds. The highest BCUT2D eigenvalue weighted by Gasteiger charge is 2.08. The van der Waals surface area contributed by atoms with Crippen LogP contribution in [0.25, 0.3) is 10.6 Å². The summed E-state index contributed by atoms with van der Waals surface area (Å²) in [6.45, 7) is 0. The van der Waals surface area contributed by atoms with Gasteiger partial charge in [-0.25, -0.2) is 14.8 Å². The van der Waals surface area contributed by atoms with Gasteiger partial charge in [0.2, 0.25) is 5.82 Å². The third-order valence-electron chi connectivity index (χ3n) is 1.62. The van der Waals surface area contributed by atoms with Crippen LogP contribution in [0.5, 0.6) is 0 Å². The van der Waals surface area contributed by atoms with Gasteiger partial charge < -0.3 is 5.11 Å². The van der Waals surface area contributed by atoms with Crippen molar-refractivity contribution < 1.29 is 9.90 Å². The number of hydrogen-bond acceptors (Lipinski definition) is 4. The standard InChI is InChI=1S/C9H6N2O2S/c12-9(13)8-10-4-3-6(11-8)7-2-1-5-14-7/h1-5H,(H,12,13). The zero-order valence-electron chi connectivity index (χ0n) is 7.04. The Morgan fingerprint density at radius 1 is 1.43 bits per heavy atom. The smallest absolute Gasteiger partial charge is 0.373 e. The molecule has 0 aliphatic rings. The molecule has 0 aromatic carbocycles. The van der Waals surface area contributed by atoms with Crippen LogP contribution in [0.2, 0.25) is 0 Å². The molecule has 0 fully saturated rings. The Balaban J connectivity index is 2.46. The van der Waals surface area contributed by atoms with E-state index in [0.717, 1.165) is 4.88 Å². The number of carboxylic acids is 1. The Labute approximate surface area is 83.9 Å². The number of aromatic carboxylic acids is 1. The minimum absolute atomic E-state index is 0.170. The highest BCUT2D eigenvalue weighted by Crippen LogP contribution is 2.21. The number of thiophene rings is 1. The van der Waals surface area contributed by atoms with Gasteiger partial charge in [-0.05, 0) is 17.5 Å². The number of nitrogens with zero attached hydrogens (tertiary/aromatic N) is 2. The molecule has 2 heterocycles. The summed E-state index contributed by atoms with van der Waals surface area (Å²) >= 11 is 1.51. The summed E-state index contributed by atoms with van der Waals surface area (Å²) in [5.74, 6) is -1.28. The number of aromatic nitrogens is 2. The third kappa shape index (κ3) is 1.62. The summed E-state index contributed by atoms with van der Waals surface area (Å²) in [4.78, 5) is 19.1. The van der Waals surface area contributed by atoms with Gasteiger partial charge in [-0.15, -0.1) is 11.3 Å². The Bertz CT molecular complexity index is 454. The molecule has 0 aliphatic heterocycles. The van der Waals surface area contributed by atoms with Crippen LogP contribution in [-0.2, 0) is 0 Å². The van der Waals surface area contributed by atoms with E-state index in [1.54, 1.807) is 6.07 Å². The van der Waals surface area contributed by atoms with Crippen molar-refractivity contribution in [2.24, 2.45) is 0 Å². The molecule has 0 saturated heterocycles. The molecule has 2 rings (SSSR count). The number of carbonyl (C=O) groups is 1. The first-order chi connectivity index (χ1) is 6.77. The van der Waals surface area contributed by atoms with Crippen molar-refractivity contribution in [2.45, 2.75) is 0 Å². The van der Waals surface area contributed by atoms with E-state index in [0.29, 0.717) is 5.69 Å². The van der Waals surface area contributed by atoms with Gasteiger partial charge >= 0.3 is 5.97 Å². The number of carboxylic acid groups (broad SMARTS) is 1. The molecule has 14 heavy (non-hydrogen) atoms. The van der Waals surface area contributed by atoms with Crippen LogP contribution < -0.4 is 0 Å². The Morgan fingerprint density at radius 2 is 2.29 bits per heavy atom. The average molecular weight is 206 g/mol. The molecular formula is C9H6N2O2S. The molecule has 0 bridgehead atoms. The lowest BCUT2D eigenvalue weighted by Crippen LogP contribution is -2.03. The van der Waals surface area contributed by atoms with Crippen LogP contribution in [0.15, 0.2) is 29.8 Å². The van der Waals surface area contributed by atoms with Gasteiger partial charge in [-0.3, -0.25) is 0 Å². The van der Waals surface area contributed by atoms with E-state index < -0.39 is 5.97 Å². The topological polar surface area (TPSA) is 63.1 Å². The first-order valence-corrected chi connectivity index (χ1v) is 4.75. The lowest BCUT2D eigenvalue weighted by Gasteiger charge is -1.96. The molecular weight excluding hydrogens is 200 g/mol. The summed E-state index contributed by atoms with van der Waals surface area (Å²) in [5.41, 5.74) is 0.646. The molecule has 2 aromatic heterocycles. The van der Waals surface area contributed by atoms with Gasteiger partial charge in [0.25, 0.3) is 0 Å². The van der Waals surface area contributed by atoms with Crippen molar-refractivity contribution in [2.75, 3.05) is 0 Å². The second kappa shape index (κ2) is 3.55. The minimum atomic E-state index is -1.11. The SMILES string of the molecule is O=C(O)c1nccc(-c2cccs2)n1. The highest BCUT2D eigenvalue weighted by molar-refractivity contribution is 7.13. The zero-order valence-corrected chi connectivity index (χ0v) is 7.86. The van der Waals surface area contributed by atoms with E-state index in [9.17, 15) is 4.79 Å². The first-order valence-electron chi connectivity index (χ1n) is 3.87. The molecule has 0 saturated carbocycles. The second-order valence-corrected chi connectivity index (χ2v) is 3.50. The summed E-state index contributed by atoms with van der Waals surface area (Å²) < 4.78 is 0. The Morgan fingerprint density at radius 3 is 2.93 bits per heavy atom. The van der Waals surface area contributed by atoms with E-state index in [-0.39, 0.29) is 5.82 Å². The summed E-state index contributed by atoms with van der Waals surface area (Å²) in [5, 5.41) is 10.6. The van der Waals surface area contributed by atoms with E-state index in [1.807, 2.05) is 17.5 Å². The number of hydrogen-bond donors (Lipinski definition) is 1. The van der Waals surface area contributed by atoms with E-state index >= 15 is 0 Å². The quantitative estimate of drug-likeness (QED) is 0.815. The van der Waals surface area contributed by atoms with Crippen LogP contribution in [0.3, 0.4) is 0 Å². The summed E-state index contributed by atoms with van der Waals surface area (Å²) in [6.07, 6.45) is 1.45. The molecule has 1 N–H and O–H groups in total. The van der Waals surface area contributed by atoms with Crippen molar-refractivity contribution in [3.63, 3.8) is 0 Å². The Hall–Kier alpha value is -1.75. The molecule has 0 aliphatic carbocycles. The van der Waals surface area contributed by atoms with Gasteiger partial charge in [0.15, 0.2) is 0 Å². The van der Waals surface area contributed by atoms with Crippen molar-refractivity contribution in [1.82, 2.24) is 9.97 Å². The fourth-order valence-corrected chi connectivity index (χ4v) is 1.72. The fourth-order valence-electron chi connectivity index (χ4n) is 1.02. The first kappa shape index (κ1) is 8.83. The monoisotopic (exact) mass is 206 g/mol. The minimum Gasteiger partial charge on any atom is -0.475 e. The normalized spacial score (nSPS) is 10.0. The molecule has 0 radical (unpaired) electrons. The molecule has 4 nitrogen and oxygen atoms in total.